The Labute approximate surface area is 118 Å². The number of hydrogen-bond donors (Lipinski definition) is 1. The fourth-order valence-electron chi connectivity index (χ4n) is 2.06. The van der Waals surface area contributed by atoms with Crippen LogP contribution in [0.5, 0.6) is 0 Å². The number of hydrogen-bond acceptors (Lipinski definition) is 2. The van der Waals surface area contributed by atoms with Crippen LogP contribution in [-0.2, 0) is 6.42 Å². The first-order valence-electron chi connectivity index (χ1n) is 6.38. The van der Waals surface area contributed by atoms with E-state index in [4.69, 9.17) is 5.11 Å². The zero-order valence-corrected chi connectivity index (χ0v) is 11.2. The molecule has 0 amide bonds. The maximum absolute atomic E-state index is 10.8. The number of aromatic carboxylic acids is 1. The molecule has 20 heavy (non-hydrogen) atoms. The summed E-state index contributed by atoms with van der Waals surface area (Å²) in [5.41, 5.74) is 3.37. The summed E-state index contributed by atoms with van der Waals surface area (Å²) in [6.45, 7) is 2.02. The molecule has 0 aliphatic carbocycles. The summed E-state index contributed by atoms with van der Waals surface area (Å²) in [7, 11) is 0. The van der Waals surface area contributed by atoms with E-state index in [0.29, 0.717) is 6.42 Å². The van der Waals surface area contributed by atoms with E-state index in [0.717, 1.165) is 11.1 Å². The highest BCUT2D eigenvalue weighted by atomic mass is 16.4. The molecule has 1 unspecified atom stereocenters. The molecule has 0 bridgehead atoms. The van der Waals surface area contributed by atoms with E-state index in [1.54, 1.807) is 12.1 Å². The zero-order valence-electron chi connectivity index (χ0n) is 11.2. The third kappa shape index (κ3) is 3.24. The van der Waals surface area contributed by atoms with Crippen LogP contribution in [0.4, 0.5) is 0 Å². The molecule has 0 aliphatic rings. The first-order valence-corrected chi connectivity index (χ1v) is 6.38. The molecule has 1 N–H and O–H groups in total. The summed E-state index contributed by atoms with van der Waals surface area (Å²) in [4.78, 5) is 10.8. The maximum atomic E-state index is 10.8. The van der Waals surface area contributed by atoms with E-state index >= 15 is 0 Å². The van der Waals surface area contributed by atoms with Gasteiger partial charge in [-0.05, 0) is 36.6 Å². The van der Waals surface area contributed by atoms with Crippen LogP contribution in [0.1, 0.15) is 33.0 Å². The molecule has 3 nitrogen and oxygen atoms in total. The Kier molecular flexibility index (Phi) is 4.17. The van der Waals surface area contributed by atoms with E-state index in [1.807, 2.05) is 31.2 Å². The van der Waals surface area contributed by atoms with Crippen molar-refractivity contribution in [1.29, 1.82) is 5.26 Å². The van der Waals surface area contributed by atoms with E-state index in [1.165, 1.54) is 17.7 Å². The lowest BCUT2D eigenvalue weighted by Gasteiger charge is -2.10. The smallest absolute Gasteiger partial charge is 0.335 e. The zero-order chi connectivity index (χ0) is 14.5. The summed E-state index contributed by atoms with van der Waals surface area (Å²) in [5, 5.41) is 18.2. The summed E-state index contributed by atoms with van der Waals surface area (Å²) >= 11 is 0. The second-order valence-corrected chi connectivity index (χ2v) is 4.80. The molecular formula is C17H15NO2. The molecule has 0 aromatic heterocycles. The number of carboxylic acid groups (broad SMARTS) is 1. The molecule has 100 valence electrons. The predicted octanol–water partition coefficient (Wildman–Crippen LogP) is 3.54. The van der Waals surface area contributed by atoms with Gasteiger partial charge < -0.3 is 5.11 Å². The molecule has 0 aliphatic heterocycles. The Morgan fingerprint density at radius 2 is 1.75 bits per heavy atom. The molecule has 0 fully saturated rings. The van der Waals surface area contributed by atoms with Gasteiger partial charge >= 0.3 is 5.97 Å². The molecule has 0 heterocycles. The van der Waals surface area contributed by atoms with Crippen LogP contribution in [0, 0.1) is 18.3 Å². The molecule has 2 aromatic carbocycles. The Bertz CT molecular complexity index is 636. The predicted molar refractivity (Wildman–Crippen MR) is 76.6 cm³/mol. The van der Waals surface area contributed by atoms with Crippen LogP contribution < -0.4 is 0 Å². The van der Waals surface area contributed by atoms with Gasteiger partial charge in [0.25, 0.3) is 0 Å². The van der Waals surface area contributed by atoms with Crippen molar-refractivity contribution in [2.75, 3.05) is 0 Å². The minimum absolute atomic E-state index is 0.237. The molecule has 0 saturated heterocycles. The van der Waals surface area contributed by atoms with Gasteiger partial charge in [-0.2, -0.15) is 5.26 Å². The molecule has 0 spiro atoms. The number of carbonyl (C=O) groups is 1. The average molecular weight is 265 g/mol. The van der Waals surface area contributed by atoms with E-state index < -0.39 is 5.97 Å². The molecule has 0 saturated carbocycles. The van der Waals surface area contributed by atoms with Gasteiger partial charge in [0.1, 0.15) is 0 Å². The van der Waals surface area contributed by atoms with Gasteiger partial charge in [0.2, 0.25) is 0 Å². The van der Waals surface area contributed by atoms with Crippen molar-refractivity contribution >= 4 is 5.97 Å². The van der Waals surface area contributed by atoms with Gasteiger partial charge in [-0.25, -0.2) is 4.79 Å². The largest absolute Gasteiger partial charge is 0.478 e. The molecule has 3 heteroatoms. The van der Waals surface area contributed by atoms with Crippen molar-refractivity contribution in [3.8, 4) is 6.07 Å². The number of nitrogens with zero attached hydrogens (tertiary/aromatic N) is 1. The summed E-state index contributed by atoms with van der Waals surface area (Å²) in [6, 6.07) is 16.9. The summed E-state index contributed by atoms with van der Waals surface area (Å²) in [5.74, 6) is -1.22. The second-order valence-electron chi connectivity index (χ2n) is 4.80. The highest BCUT2D eigenvalue weighted by Gasteiger charge is 2.12. The van der Waals surface area contributed by atoms with Crippen molar-refractivity contribution < 1.29 is 9.90 Å². The van der Waals surface area contributed by atoms with E-state index in [-0.39, 0.29) is 11.5 Å². The maximum Gasteiger partial charge on any atom is 0.335 e. The molecule has 2 rings (SSSR count). The SMILES string of the molecule is Cc1ccc(CC(C#N)c2ccc(C(=O)O)cc2)cc1. The standard InChI is InChI=1S/C17H15NO2/c1-12-2-4-13(5-3-12)10-16(11-18)14-6-8-15(9-7-14)17(19)20/h2-9,16H,10H2,1H3,(H,19,20). The Morgan fingerprint density at radius 1 is 1.15 bits per heavy atom. The number of nitriles is 1. The third-order valence-corrected chi connectivity index (χ3v) is 3.28. The monoisotopic (exact) mass is 265 g/mol. The second kappa shape index (κ2) is 6.03. The van der Waals surface area contributed by atoms with Crippen LogP contribution in [0.2, 0.25) is 0 Å². The minimum atomic E-state index is -0.955. The molecular weight excluding hydrogens is 250 g/mol. The van der Waals surface area contributed by atoms with Gasteiger partial charge in [-0.3, -0.25) is 0 Å². The highest BCUT2D eigenvalue weighted by Crippen LogP contribution is 2.21. The number of aryl methyl sites for hydroxylation is 1. The Hall–Kier alpha value is -2.60. The first kappa shape index (κ1) is 13.8. The lowest BCUT2D eigenvalue weighted by molar-refractivity contribution is 0.0697. The van der Waals surface area contributed by atoms with Crippen LogP contribution in [-0.4, -0.2) is 11.1 Å². The van der Waals surface area contributed by atoms with Crippen LogP contribution in [0.3, 0.4) is 0 Å². The minimum Gasteiger partial charge on any atom is -0.478 e. The topological polar surface area (TPSA) is 61.1 Å². The summed E-state index contributed by atoms with van der Waals surface area (Å²) < 4.78 is 0. The number of rotatable bonds is 4. The van der Waals surface area contributed by atoms with Crippen molar-refractivity contribution in [2.24, 2.45) is 0 Å². The Morgan fingerprint density at radius 3 is 2.25 bits per heavy atom. The molecule has 2 aromatic rings. The van der Waals surface area contributed by atoms with Gasteiger partial charge in [-0.1, -0.05) is 42.0 Å². The van der Waals surface area contributed by atoms with Gasteiger partial charge in [-0.15, -0.1) is 0 Å². The van der Waals surface area contributed by atoms with Crippen LogP contribution in [0.15, 0.2) is 48.5 Å². The fraction of sp³-hybridized carbons (Fsp3) is 0.176. The normalized spacial score (nSPS) is 11.6. The third-order valence-electron chi connectivity index (χ3n) is 3.28. The van der Waals surface area contributed by atoms with Gasteiger partial charge in [0.15, 0.2) is 0 Å². The van der Waals surface area contributed by atoms with Gasteiger partial charge in [0.05, 0.1) is 17.6 Å². The van der Waals surface area contributed by atoms with Crippen molar-refractivity contribution in [1.82, 2.24) is 0 Å². The quantitative estimate of drug-likeness (QED) is 0.919. The fourth-order valence-corrected chi connectivity index (χ4v) is 2.06. The van der Waals surface area contributed by atoms with E-state index in [9.17, 15) is 10.1 Å². The van der Waals surface area contributed by atoms with Crippen molar-refractivity contribution in [3.63, 3.8) is 0 Å². The van der Waals surface area contributed by atoms with Gasteiger partial charge in [0, 0.05) is 0 Å². The number of benzene rings is 2. The highest BCUT2D eigenvalue weighted by molar-refractivity contribution is 5.87. The molecule has 1 atom stereocenters. The van der Waals surface area contributed by atoms with E-state index in [2.05, 4.69) is 6.07 Å². The summed E-state index contributed by atoms with van der Waals surface area (Å²) in [6.07, 6.45) is 0.628. The first-order chi connectivity index (χ1) is 9.60. The van der Waals surface area contributed by atoms with Crippen LogP contribution in [0.25, 0.3) is 0 Å². The van der Waals surface area contributed by atoms with Crippen molar-refractivity contribution in [2.45, 2.75) is 19.3 Å². The lowest BCUT2D eigenvalue weighted by atomic mass is 9.92. The number of carboxylic acids is 1. The molecule has 0 radical (unpaired) electrons. The Balaban J connectivity index is 2.18. The average Bonchev–Trinajstić information content (AvgIpc) is 2.47. The van der Waals surface area contributed by atoms with Crippen LogP contribution >= 0.6 is 0 Å². The lowest BCUT2D eigenvalue weighted by Crippen LogP contribution is -2.02. The van der Waals surface area contributed by atoms with Crippen molar-refractivity contribution in [3.05, 3.63) is 70.8 Å².